The molecule has 1 saturated carbocycles. The lowest BCUT2D eigenvalue weighted by molar-refractivity contribution is -0.140. The molecule has 1 N–H and O–H groups in total. The van der Waals surface area contributed by atoms with Crippen LogP contribution in [0.4, 0.5) is 5.69 Å². The number of halogens is 3. The zero-order chi connectivity index (χ0) is 34.3. The number of hydrogen-bond donors (Lipinski definition) is 1. The number of anilines is 1. The van der Waals surface area contributed by atoms with Crippen LogP contribution in [0.1, 0.15) is 36.8 Å². The van der Waals surface area contributed by atoms with Crippen molar-refractivity contribution in [3.8, 4) is 5.75 Å². The predicted octanol–water partition coefficient (Wildman–Crippen LogP) is 7.55. The molecule has 0 aliphatic heterocycles. The number of carbonyl (C=O) groups is 2. The maximum Gasteiger partial charge on any atom is 0.264 e. The number of benzene rings is 4. The summed E-state index contributed by atoms with van der Waals surface area (Å²) in [6, 6.07) is 25.6. The van der Waals surface area contributed by atoms with Gasteiger partial charge in [-0.05, 0) is 66.4 Å². The Labute approximate surface area is 296 Å². The van der Waals surface area contributed by atoms with Gasteiger partial charge in [0, 0.05) is 29.1 Å². The van der Waals surface area contributed by atoms with Gasteiger partial charge in [-0.3, -0.25) is 13.9 Å². The van der Waals surface area contributed by atoms with Crippen molar-refractivity contribution in [2.24, 2.45) is 0 Å². The number of ether oxygens (including phenoxy) is 1. The smallest absolute Gasteiger partial charge is 0.264 e. The molecule has 48 heavy (non-hydrogen) atoms. The Morgan fingerprint density at radius 2 is 1.54 bits per heavy atom. The normalized spacial score (nSPS) is 13.9. The van der Waals surface area contributed by atoms with Crippen LogP contribution >= 0.6 is 34.8 Å². The minimum absolute atomic E-state index is 0.0109. The molecular weight excluding hydrogens is 693 g/mol. The van der Waals surface area contributed by atoms with Gasteiger partial charge in [-0.15, -0.1) is 0 Å². The van der Waals surface area contributed by atoms with E-state index in [0.717, 1.165) is 35.6 Å². The van der Waals surface area contributed by atoms with E-state index in [1.165, 1.54) is 42.3 Å². The summed E-state index contributed by atoms with van der Waals surface area (Å²) in [6.07, 6.45) is 3.91. The highest BCUT2D eigenvalue weighted by Gasteiger charge is 2.36. The Morgan fingerprint density at radius 3 is 2.17 bits per heavy atom. The van der Waals surface area contributed by atoms with Crippen LogP contribution in [0.3, 0.4) is 0 Å². The van der Waals surface area contributed by atoms with Crippen molar-refractivity contribution in [2.75, 3.05) is 18.0 Å². The molecule has 8 nitrogen and oxygen atoms in total. The first-order chi connectivity index (χ1) is 23.1. The molecule has 1 fully saturated rings. The molecule has 1 aliphatic rings. The topological polar surface area (TPSA) is 96.0 Å². The minimum atomic E-state index is -4.29. The molecule has 5 rings (SSSR count). The van der Waals surface area contributed by atoms with Crippen LogP contribution in [0.15, 0.2) is 102 Å². The van der Waals surface area contributed by atoms with Gasteiger partial charge in [0.1, 0.15) is 18.3 Å². The maximum atomic E-state index is 14.7. The van der Waals surface area contributed by atoms with Gasteiger partial charge in [0.2, 0.25) is 11.8 Å². The lowest BCUT2D eigenvalue weighted by Gasteiger charge is -2.34. The summed E-state index contributed by atoms with van der Waals surface area (Å²) < 4.78 is 34.7. The van der Waals surface area contributed by atoms with Crippen molar-refractivity contribution in [1.29, 1.82) is 0 Å². The molecule has 0 saturated heterocycles. The summed E-state index contributed by atoms with van der Waals surface area (Å²) in [4.78, 5) is 30.2. The van der Waals surface area contributed by atoms with E-state index in [1.807, 2.05) is 30.3 Å². The van der Waals surface area contributed by atoms with Crippen LogP contribution in [0.2, 0.25) is 15.1 Å². The van der Waals surface area contributed by atoms with Gasteiger partial charge < -0.3 is 15.0 Å². The number of methoxy groups -OCH3 is 1. The Balaban J connectivity index is 1.59. The summed E-state index contributed by atoms with van der Waals surface area (Å²) in [5, 5.41) is 4.05. The molecule has 0 bridgehead atoms. The molecule has 252 valence electrons. The summed E-state index contributed by atoms with van der Waals surface area (Å²) in [6.45, 7) is -0.708. The van der Waals surface area contributed by atoms with Crippen LogP contribution < -0.4 is 14.4 Å². The fraction of sp³-hybridized carbons (Fsp3) is 0.278. The second kappa shape index (κ2) is 16.1. The highest BCUT2D eigenvalue weighted by molar-refractivity contribution is 7.92. The number of nitrogens with zero attached hydrogens (tertiary/aromatic N) is 2. The lowest BCUT2D eigenvalue weighted by Crippen LogP contribution is -2.54. The van der Waals surface area contributed by atoms with Crippen molar-refractivity contribution < 1.29 is 22.7 Å². The summed E-state index contributed by atoms with van der Waals surface area (Å²) >= 11 is 19.2. The van der Waals surface area contributed by atoms with E-state index in [2.05, 4.69) is 5.32 Å². The molecule has 0 spiro atoms. The second-order valence-electron chi connectivity index (χ2n) is 11.6. The zero-order valence-electron chi connectivity index (χ0n) is 26.3. The maximum absolute atomic E-state index is 14.7. The van der Waals surface area contributed by atoms with Gasteiger partial charge in [0.25, 0.3) is 10.0 Å². The highest BCUT2D eigenvalue weighted by Crippen LogP contribution is 2.33. The number of carbonyl (C=O) groups excluding carboxylic acids is 2. The molecular formula is C36H36Cl3N3O5S. The third kappa shape index (κ3) is 8.63. The molecule has 0 aromatic heterocycles. The fourth-order valence-corrected chi connectivity index (χ4v) is 7.96. The SMILES string of the molecule is COc1ccc(N(CC(=O)N(Cc2ccc(Cl)cc2Cl)[C@@H](Cc2ccccc2)C(=O)NC2CCCC2)S(=O)(=O)c2ccccc2)cc1Cl. The molecule has 4 aromatic rings. The second-order valence-corrected chi connectivity index (χ2v) is 14.7. The third-order valence-corrected chi connectivity index (χ3v) is 11.0. The van der Waals surface area contributed by atoms with E-state index in [1.54, 1.807) is 36.4 Å². The molecule has 12 heteroatoms. The standard InChI is InChI=1S/C36H36Cl3N3O5S/c1-47-34-19-18-29(22-32(34)39)42(48(45,46)30-14-6-3-7-15-30)24-35(43)41(23-26-16-17-27(37)21-31(26)38)33(20-25-10-4-2-5-11-25)36(44)40-28-12-8-9-13-28/h2-7,10-11,14-19,21-22,28,33H,8-9,12-13,20,23-24H2,1H3,(H,40,44)/t33-/m0/s1. The molecule has 2 amide bonds. The molecule has 1 aliphatic carbocycles. The van der Waals surface area contributed by atoms with Crippen molar-refractivity contribution in [2.45, 2.75) is 55.6 Å². The minimum Gasteiger partial charge on any atom is -0.495 e. The van der Waals surface area contributed by atoms with Gasteiger partial charge in [0.15, 0.2) is 0 Å². The van der Waals surface area contributed by atoms with Gasteiger partial charge in [-0.1, -0.05) is 102 Å². The van der Waals surface area contributed by atoms with E-state index in [4.69, 9.17) is 39.5 Å². The first-order valence-electron chi connectivity index (χ1n) is 15.6. The molecule has 4 aromatic carbocycles. The number of sulfonamides is 1. The van der Waals surface area contributed by atoms with E-state index in [9.17, 15) is 18.0 Å². The van der Waals surface area contributed by atoms with Crippen LogP contribution in [0.25, 0.3) is 0 Å². The number of rotatable bonds is 13. The van der Waals surface area contributed by atoms with E-state index in [-0.39, 0.29) is 40.5 Å². The van der Waals surface area contributed by atoms with Gasteiger partial charge >= 0.3 is 0 Å². The number of nitrogens with one attached hydrogen (secondary N) is 1. The van der Waals surface area contributed by atoms with Crippen molar-refractivity contribution in [3.63, 3.8) is 0 Å². The van der Waals surface area contributed by atoms with E-state index < -0.39 is 28.5 Å². The van der Waals surface area contributed by atoms with Gasteiger partial charge in [-0.2, -0.15) is 0 Å². The van der Waals surface area contributed by atoms with Gasteiger partial charge in [-0.25, -0.2) is 8.42 Å². The van der Waals surface area contributed by atoms with Crippen LogP contribution in [-0.4, -0.2) is 50.9 Å². The average Bonchev–Trinajstić information content (AvgIpc) is 3.59. The quantitative estimate of drug-likeness (QED) is 0.154. The Kier molecular flexibility index (Phi) is 11.9. The largest absolute Gasteiger partial charge is 0.495 e. The van der Waals surface area contributed by atoms with E-state index >= 15 is 0 Å². The Hall–Kier alpha value is -3.76. The molecule has 1 atom stereocenters. The average molecular weight is 729 g/mol. The summed E-state index contributed by atoms with van der Waals surface area (Å²) in [5.41, 5.74) is 1.53. The number of hydrogen-bond acceptors (Lipinski definition) is 5. The Bertz CT molecular complexity index is 1840. The molecule has 0 radical (unpaired) electrons. The summed E-state index contributed by atoms with van der Waals surface area (Å²) in [7, 11) is -2.84. The Morgan fingerprint density at radius 1 is 0.875 bits per heavy atom. The predicted molar refractivity (Wildman–Crippen MR) is 190 cm³/mol. The first kappa shape index (κ1) is 35.5. The van der Waals surface area contributed by atoms with Gasteiger partial charge in [0.05, 0.1) is 22.7 Å². The van der Waals surface area contributed by atoms with Crippen LogP contribution in [0.5, 0.6) is 5.75 Å². The monoisotopic (exact) mass is 727 g/mol. The van der Waals surface area contributed by atoms with E-state index in [0.29, 0.717) is 21.4 Å². The van der Waals surface area contributed by atoms with Crippen LogP contribution in [0, 0.1) is 0 Å². The first-order valence-corrected chi connectivity index (χ1v) is 18.1. The molecule has 0 heterocycles. The third-order valence-electron chi connectivity index (χ3n) is 8.36. The lowest BCUT2D eigenvalue weighted by atomic mass is 10.0. The van der Waals surface area contributed by atoms with Crippen molar-refractivity contribution >= 4 is 62.3 Å². The molecule has 0 unspecified atom stereocenters. The van der Waals surface area contributed by atoms with Crippen LogP contribution in [-0.2, 0) is 32.6 Å². The highest BCUT2D eigenvalue weighted by atomic mass is 35.5. The fourth-order valence-electron chi connectivity index (χ4n) is 5.81. The summed E-state index contributed by atoms with van der Waals surface area (Å²) in [5.74, 6) is -0.599. The van der Waals surface area contributed by atoms with Crippen molar-refractivity contribution in [1.82, 2.24) is 10.2 Å². The zero-order valence-corrected chi connectivity index (χ0v) is 29.4. The number of amides is 2. The van der Waals surface area contributed by atoms with Crippen molar-refractivity contribution in [3.05, 3.63) is 123 Å².